The zero-order valence-corrected chi connectivity index (χ0v) is 21.5. The van der Waals surface area contributed by atoms with Gasteiger partial charge in [0.25, 0.3) is 5.91 Å². The van der Waals surface area contributed by atoms with Crippen LogP contribution in [0.3, 0.4) is 0 Å². The molecule has 12 heteroatoms. The van der Waals surface area contributed by atoms with E-state index >= 15 is 0 Å². The molecule has 7 nitrogen and oxygen atoms in total. The van der Waals surface area contributed by atoms with E-state index in [1.165, 1.54) is 25.2 Å². The number of alkyl halides is 3. The van der Waals surface area contributed by atoms with Gasteiger partial charge in [-0.25, -0.2) is 13.1 Å². The minimum absolute atomic E-state index is 0.0131. The molecule has 0 radical (unpaired) electrons. The SMILES string of the molecule is CNC(=O)c1ccc(-c2cc(C(F)(F)F)cc(S(=O)(=O)NC(CO)Cc3c[nH]c4ccccc34)c2)cc1Cl. The first-order valence-electron chi connectivity index (χ1n) is 11.4. The van der Waals surface area contributed by atoms with Crippen LogP contribution in [0.1, 0.15) is 21.5 Å². The van der Waals surface area contributed by atoms with Crippen molar-refractivity contribution in [1.29, 1.82) is 0 Å². The molecule has 0 saturated heterocycles. The number of benzene rings is 3. The Hall–Kier alpha value is -3.38. The summed E-state index contributed by atoms with van der Waals surface area (Å²) >= 11 is 6.17. The van der Waals surface area contributed by atoms with E-state index < -0.39 is 45.2 Å². The first kappa shape index (κ1) is 27.6. The monoisotopic (exact) mass is 565 g/mol. The molecule has 1 amide bonds. The molecule has 0 aliphatic heterocycles. The molecule has 1 atom stereocenters. The topological polar surface area (TPSA) is 111 Å². The molecule has 38 heavy (non-hydrogen) atoms. The van der Waals surface area contributed by atoms with E-state index in [0.29, 0.717) is 6.07 Å². The number of hydrogen-bond donors (Lipinski definition) is 4. The second-order valence-electron chi connectivity index (χ2n) is 8.58. The fraction of sp³-hybridized carbons (Fsp3) is 0.192. The van der Waals surface area contributed by atoms with Crippen molar-refractivity contribution < 1.29 is 31.5 Å². The van der Waals surface area contributed by atoms with Crippen molar-refractivity contribution >= 4 is 38.4 Å². The number of para-hydroxylation sites is 1. The summed E-state index contributed by atoms with van der Waals surface area (Å²) in [5.41, 5.74) is 0.607. The van der Waals surface area contributed by atoms with Gasteiger partial charge in [-0.1, -0.05) is 35.9 Å². The van der Waals surface area contributed by atoms with Crippen LogP contribution >= 0.6 is 11.6 Å². The molecule has 1 aromatic heterocycles. The van der Waals surface area contributed by atoms with Gasteiger partial charge in [0.15, 0.2) is 0 Å². The lowest BCUT2D eigenvalue weighted by atomic mass is 10.0. The highest BCUT2D eigenvalue weighted by Gasteiger charge is 2.33. The highest BCUT2D eigenvalue weighted by molar-refractivity contribution is 7.89. The third-order valence-electron chi connectivity index (χ3n) is 6.00. The molecule has 1 unspecified atom stereocenters. The fourth-order valence-electron chi connectivity index (χ4n) is 4.09. The van der Waals surface area contributed by atoms with Crippen molar-refractivity contribution in [3.63, 3.8) is 0 Å². The smallest absolute Gasteiger partial charge is 0.395 e. The van der Waals surface area contributed by atoms with Crippen LogP contribution in [0.4, 0.5) is 13.2 Å². The lowest BCUT2D eigenvalue weighted by Crippen LogP contribution is -2.39. The van der Waals surface area contributed by atoms with Crippen LogP contribution in [-0.2, 0) is 22.6 Å². The summed E-state index contributed by atoms with van der Waals surface area (Å²) in [5, 5.41) is 13.1. The Morgan fingerprint density at radius 3 is 2.47 bits per heavy atom. The number of carbonyl (C=O) groups excluding carboxylic acids is 1. The highest BCUT2D eigenvalue weighted by atomic mass is 35.5. The standard InChI is InChI=1S/C26H23ClF3N3O4S/c1-31-25(35)22-7-6-15(11-23(22)27)16-8-18(26(28,29)30)12-20(10-16)38(36,37)33-19(14-34)9-17-13-32-24-5-3-2-4-21(17)24/h2-8,10-13,19,32-34H,9,14H2,1H3,(H,31,35). The number of halogens is 4. The number of aromatic amines is 1. The van der Waals surface area contributed by atoms with E-state index in [1.54, 1.807) is 6.20 Å². The Labute approximate surface area is 221 Å². The molecule has 0 fully saturated rings. The zero-order valence-electron chi connectivity index (χ0n) is 19.9. The molecular formula is C26H23ClF3N3O4S. The summed E-state index contributed by atoms with van der Waals surface area (Å²) < 4.78 is 70.0. The van der Waals surface area contributed by atoms with Gasteiger partial charge in [0.05, 0.1) is 27.7 Å². The maximum atomic E-state index is 13.7. The second-order valence-corrected chi connectivity index (χ2v) is 10.7. The maximum Gasteiger partial charge on any atom is 0.416 e. The Bertz CT molecular complexity index is 1600. The van der Waals surface area contributed by atoms with Crippen molar-refractivity contribution in [2.45, 2.75) is 23.5 Å². The number of sulfonamides is 1. The summed E-state index contributed by atoms with van der Waals surface area (Å²) in [4.78, 5) is 14.3. The van der Waals surface area contributed by atoms with E-state index in [1.807, 2.05) is 24.3 Å². The Kier molecular flexibility index (Phi) is 7.84. The number of amides is 1. The second kappa shape index (κ2) is 10.8. The van der Waals surface area contributed by atoms with Crippen molar-refractivity contribution in [3.05, 3.63) is 88.6 Å². The lowest BCUT2D eigenvalue weighted by Gasteiger charge is -2.18. The number of aliphatic hydroxyl groups excluding tert-OH is 1. The van der Waals surface area contributed by atoms with E-state index in [0.717, 1.165) is 28.6 Å². The number of rotatable bonds is 8. The Morgan fingerprint density at radius 2 is 1.82 bits per heavy atom. The highest BCUT2D eigenvalue weighted by Crippen LogP contribution is 2.36. The summed E-state index contributed by atoms with van der Waals surface area (Å²) in [6.45, 7) is -0.582. The third kappa shape index (κ3) is 5.86. The molecule has 0 aliphatic carbocycles. The number of nitrogens with one attached hydrogen (secondary N) is 3. The van der Waals surface area contributed by atoms with Gasteiger partial charge in [-0.3, -0.25) is 4.79 Å². The first-order chi connectivity index (χ1) is 17.9. The molecule has 4 N–H and O–H groups in total. The summed E-state index contributed by atoms with van der Waals surface area (Å²) in [7, 11) is -3.09. The molecule has 1 heterocycles. The number of H-pyrrole nitrogens is 1. The van der Waals surface area contributed by atoms with Gasteiger partial charge in [0.1, 0.15) is 0 Å². The molecular weight excluding hydrogens is 543 g/mol. The van der Waals surface area contributed by atoms with Crippen molar-refractivity contribution in [2.75, 3.05) is 13.7 Å². The van der Waals surface area contributed by atoms with Crippen LogP contribution in [0, 0.1) is 0 Å². The van der Waals surface area contributed by atoms with E-state index in [4.69, 9.17) is 11.6 Å². The minimum atomic E-state index is -4.84. The summed E-state index contributed by atoms with van der Waals surface area (Å²) in [6.07, 6.45) is -3.05. The molecule has 0 bridgehead atoms. The van der Waals surface area contributed by atoms with Crippen molar-refractivity contribution in [3.8, 4) is 11.1 Å². The van der Waals surface area contributed by atoms with Crippen molar-refractivity contribution in [1.82, 2.24) is 15.0 Å². The largest absolute Gasteiger partial charge is 0.416 e. The molecule has 4 rings (SSSR count). The first-order valence-corrected chi connectivity index (χ1v) is 13.2. The number of aromatic nitrogens is 1. The van der Waals surface area contributed by atoms with Crippen molar-refractivity contribution in [2.24, 2.45) is 0 Å². The third-order valence-corrected chi connectivity index (χ3v) is 7.81. The predicted octanol–water partition coefficient (Wildman–Crippen LogP) is 4.75. The van der Waals surface area contributed by atoms with Gasteiger partial charge >= 0.3 is 6.18 Å². The van der Waals surface area contributed by atoms with Gasteiger partial charge in [0.2, 0.25) is 10.0 Å². The van der Waals surface area contributed by atoms with E-state index in [-0.39, 0.29) is 28.1 Å². The van der Waals surface area contributed by atoms with Gasteiger partial charge in [-0.15, -0.1) is 0 Å². The molecule has 0 saturated carbocycles. The van der Waals surface area contributed by atoms with Gasteiger partial charge in [-0.2, -0.15) is 13.2 Å². The molecule has 3 aromatic carbocycles. The van der Waals surface area contributed by atoms with Crippen LogP contribution in [0.2, 0.25) is 5.02 Å². The normalized spacial score (nSPS) is 13.0. The van der Waals surface area contributed by atoms with Crippen LogP contribution in [0.25, 0.3) is 22.0 Å². The Balaban J connectivity index is 1.70. The summed E-state index contributed by atoms with van der Waals surface area (Å²) in [6, 6.07) is 12.8. The average Bonchev–Trinajstić information content (AvgIpc) is 3.29. The van der Waals surface area contributed by atoms with E-state index in [2.05, 4.69) is 15.0 Å². The lowest BCUT2D eigenvalue weighted by molar-refractivity contribution is -0.137. The van der Waals surface area contributed by atoms with Crippen LogP contribution in [0.5, 0.6) is 0 Å². The van der Waals surface area contributed by atoms with Gasteiger partial charge < -0.3 is 15.4 Å². The number of carbonyl (C=O) groups is 1. The number of hydrogen-bond acceptors (Lipinski definition) is 4. The number of fused-ring (bicyclic) bond motifs is 1. The Morgan fingerprint density at radius 1 is 1.08 bits per heavy atom. The quantitative estimate of drug-likeness (QED) is 0.247. The molecule has 0 spiro atoms. The molecule has 4 aromatic rings. The summed E-state index contributed by atoms with van der Waals surface area (Å²) in [5.74, 6) is -0.483. The fourth-order valence-corrected chi connectivity index (χ4v) is 5.66. The average molecular weight is 566 g/mol. The molecule has 200 valence electrons. The predicted molar refractivity (Wildman–Crippen MR) is 138 cm³/mol. The van der Waals surface area contributed by atoms with Crippen LogP contribution in [0.15, 0.2) is 71.8 Å². The van der Waals surface area contributed by atoms with Gasteiger partial charge in [0, 0.05) is 30.2 Å². The van der Waals surface area contributed by atoms with Crippen LogP contribution < -0.4 is 10.0 Å². The maximum absolute atomic E-state index is 13.7. The zero-order chi connectivity index (χ0) is 27.7. The van der Waals surface area contributed by atoms with Gasteiger partial charge in [-0.05, 0) is 59.5 Å². The van der Waals surface area contributed by atoms with Crippen LogP contribution in [-0.4, -0.2) is 44.1 Å². The molecule has 0 aliphatic rings. The van der Waals surface area contributed by atoms with E-state index in [9.17, 15) is 31.5 Å². The minimum Gasteiger partial charge on any atom is -0.395 e. The number of aliphatic hydroxyl groups is 1.